The van der Waals surface area contributed by atoms with E-state index in [9.17, 15) is 9.18 Å². The zero-order chi connectivity index (χ0) is 13.4. The number of hydrogen-bond acceptors (Lipinski definition) is 3. The van der Waals surface area contributed by atoms with E-state index in [0.29, 0.717) is 23.6 Å². The summed E-state index contributed by atoms with van der Waals surface area (Å²) >= 11 is 0. The Balaban J connectivity index is 1.83. The Hall–Kier alpha value is -1.62. The maximum Gasteiger partial charge on any atom is 0.249 e. The van der Waals surface area contributed by atoms with Gasteiger partial charge in [0.2, 0.25) is 5.91 Å². The highest BCUT2D eigenvalue weighted by atomic mass is 19.1. The van der Waals surface area contributed by atoms with Crippen LogP contribution in [0.25, 0.3) is 0 Å². The molecule has 1 amide bonds. The number of halogens is 1. The third kappa shape index (κ3) is 2.30. The molecule has 0 bridgehead atoms. The number of fused-ring (bicyclic) bond motifs is 1. The van der Waals surface area contributed by atoms with Gasteiger partial charge >= 0.3 is 0 Å². The van der Waals surface area contributed by atoms with Gasteiger partial charge in [0.05, 0.1) is 0 Å². The van der Waals surface area contributed by atoms with Crippen LogP contribution in [0.5, 0.6) is 5.75 Å². The second-order valence-electron chi connectivity index (χ2n) is 5.21. The summed E-state index contributed by atoms with van der Waals surface area (Å²) in [5.74, 6) is -0.787. The lowest BCUT2D eigenvalue weighted by molar-refractivity contribution is 0.0957. The molecule has 1 aromatic carbocycles. The molecular weight excluding hydrogens is 247 g/mol. The van der Waals surface area contributed by atoms with E-state index >= 15 is 0 Å². The summed E-state index contributed by atoms with van der Waals surface area (Å²) < 4.78 is 19.5. The minimum Gasteiger partial charge on any atom is -0.472 e. The highest BCUT2D eigenvalue weighted by Gasteiger charge is 2.29. The van der Waals surface area contributed by atoms with Crippen molar-refractivity contribution in [3.8, 4) is 5.75 Å². The number of benzene rings is 1. The summed E-state index contributed by atoms with van der Waals surface area (Å²) in [5, 5.41) is 3.37. The van der Waals surface area contributed by atoms with E-state index in [1.54, 1.807) is 0 Å². The van der Waals surface area contributed by atoms with Crippen molar-refractivity contribution in [2.45, 2.75) is 44.4 Å². The van der Waals surface area contributed by atoms with Crippen LogP contribution in [0.15, 0.2) is 12.1 Å². The summed E-state index contributed by atoms with van der Waals surface area (Å²) in [6, 6.07) is 3.15. The van der Waals surface area contributed by atoms with Crippen molar-refractivity contribution in [1.82, 2.24) is 5.32 Å². The van der Waals surface area contributed by atoms with Crippen LogP contribution in [0.1, 0.15) is 41.6 Å². The van der Waals surface area contributed by atoms with E-state index in [1.807, 2.05) is 0 Å². The molecule has 102 valence electrons. The zero-order valence-electron chi connectivity index (χ0n) is 10.6. The van der Waals surface area contributed by atoms with E-state index in [4.69, 9.17) is 10.5 Å². The van der Waals surface area contributed by atoms with Gasteiger partial charge in [0.25, 0.3) is 0 Å². The van der Waals surface area contributed by atoms with Crippen molar-refractivity contribution < 1.29 is 13.9 Å². The predicted octanol–water partition coefficient (Wildman–Crippen LogP) is 1.72. The number of ether oxygens (including phenoxy) is 1. The van der Waals surface area contributed by atoms with Crippen molar-refractivity contribution in [2.75, 3.05) is 0 Å². The highest BCUT2D eigenvalue weighted by molar-refractivity contribution is 5.95. The van der Waals surface area contributed by atoms with Crippen molar-refractivity contribution in [3.63, 3.8) is 0 Å². The fourth-order valence-corrected chi connectivity index (χ4v) is 2.64. The zero-order valence-corrected chi connectivity index (χ0v) is 10.6. The largest absolute Gasteiger partial charge is 0.472 e. The van der Waals surface area contributed by atoms with E-state index in [1.165, 1.54) is 18.6 Å². The molecule has 1 fully saturated rings. The summed E-state index contributed by atoms with van der Waals surface area (Å²) in [4.78, 5) is 11.3. The Morgan fingerprint density at radius 1 is 1.37 bits per heavy atom. The first-order valence-corrected chi connectivity index (χ1v) is 6.69. The Labute approximate surface area is 111 Å². The van der Waals surface area contributed by atoms with Crippen LogP contribution in [0, 0.1) is 5.82 Å². The fraction of sp³-hybridized carbons (Fsp3) is 0.500. The average Bonchev–Trinajstić information content (AvgIpc) is 2.34. The lowest BCUT2D eigenvalue weighted by atomic mass is 9.92. The van der Waals surface area contributed by atoms with E-state index in [0.717, 1.165) is 19.3 Å². The number of hydrogen-bond donors (Lipinski definition) is 2. The molecule has 0 radical (unpaired) electrons. The normalized spacial score (nSPS) is 22.3. The minimum atomic E-state index is -0.537. The van der Waals surface area contributed by atoms with Crippen molar-refractivity contribution >= 4 is 5.91 Å². The van der Waals surface area contributed by atoms with Gasteiger partial charge in [-0.15, -0.1) is 0 Å². The van der Waals surface area contributed by atoms with E-state index in [2.05, 4.69) is 5.32 Å². The number of amides is 1. The van der Waals surface area contributed by atoms with Gasteiger partial charge in [-0.05, 0) is 31.4 Å². The number of primary amides is 1. The smallest absolute Gasteiger partial charge is 0.249 e. The minimum absolute atomic E-state index is 0.171. The van der Waals surface area contributed by atoms with E-state index < -0.39 is 11.7 Å². The molecule has 2 aliphatic rings. The number of nitrogens with one attached hydrogen (secondary N) is 1. The quantitative estimate of drug-likeness (QED) is 0.873. The van der Waals surface area contributed by atoms with Crippen molar-refractivity contribution in [1.29, 1.82) is 0 Å². The lowest BCUT2D eigenvalue weighted by Gasteiger charge is -2.34. The Kier molecular flexibility index (Phi) is 3.14. The number of nitrogens with two attached hydrogens (primary N) is 1. The Morgan fingerprint density at radius 2 is 2.16 bits per heavy atom. The summed E-state index contributed by atoms with van der Waals surface area (Å²) in [6.45, 7) is 0. The van der Waals surface area contributed by atoms with Gasteiger partial charge in [-0.3, -0.25) is 10.1 Å². The van der Waals surface area contributed by atoms with Crippen LogP contribution in [-0.2, 0) is 6.42 Å². The number of carbonyl (C=O) groups is 1. The maximum atomic E-state index is 13.8. The second-order valence-corrected chi connectivity index (χ2v) is 5.21. The van der Waals surface area contributed by atoms with Crippen LogP contribution in [-0.4, -0.2) is 18.2 Å². The first kappa shape index (κ1) is 12.4. The maximum absolute atomic E-state index is 13.8. The lowest BCUT2D eigenvalue weighted by Crippen LogP contribution is -2.47. The van der Waals surface area contributed by atoms with Crippen LogP contribution in [0.2, 0.25) is 0 Å². The SMILES string of the molecule is NC(=O)c1ccc(F)c2c1CCC(NC1CCC1)O2. The number of rotatable bonds is 3. The molecule has 19 heavy (non-hydrogen) atoms. The summed E-state index contributed by atoms with van der Waals surface area (Å²) in [5.41, 5.74) is 6.26. The molecule has 1 atom stereocenters. The molecule has 1 aliphatic heterocycles. The molecule has 0 saturated heterocycles. The van der Waals surface area contributed by atoms with Gasteiger partial charge in [-0.25, -0.2) is 4.39 Å². The van der Waals surface area contributed by atoms with Crippen LogP contribution in [0.3, 0.4) is 0 Å². The van der Waals surface area contributed by atoms with Crippen molar-refractivity contribution in [2.24, 2.45) is 5.73 Å². The molecule has 1 aliphatic carbocycles. The third-order valence-electron chi connectivity index (χ3n) is 3.92. The molecule has 5 heteroatoms. The highest BCUT2D eigenvalue weighted by Crippen LogP contribution is 2.33. The predicted molar refractivity (Wildman–Crippen MR) is 68.4 cm³/mol. The second kappa shape index (κ2) is 4.81. The molecule has 0 aromatic heterocycles. The molecule has 1 saturated carbocycles. The fourth-order valence-electron chi connectivity index (χ4n) is 2.64. The van der Waals surface area contributed by atoms with Gasteiger partial charge in [0.1, 0.15) is 0 Å². The van der Waals surface area contributed by atoms with Gasteiger partial charge in [-0.2, -0.15) is 0 Å². The standard InChI is InChI=1S/C14H17FN2O2/c15-11-6-4-10(14(16)18)9-5-7-12(19-13(9)11)17-8-2-1-3-8/h4,6,8,12,17H,1-3,5,7H2,(H2,16,18). The van der Waals surface area contributed by atoms with Crippen molar-refractivity contribution in [3.05, 3.63) is 29.1 Å². The van der Waals surface area contributed by atoms with Gasteiger partial charge < -0.3 is 10.5 Å². The van der Waals surface area contributed by atoms with Crippen LogP contribution in [0.4, 0.5) is 4.39 Å². The molecule has 3 N–H and O–H groups in total. The molecule has 3 rings (SSSR count). The summed E-state index contributed by atoms with van der Waals surface area (Å²) in [7, 11) is 0. The first-order valence-electron chi connectivity index (χ1n) is 6.69. The average molecular weight is 264 g/mol. The Bertz CT molecular complexity index is 514. The Morgan fingerprint density at radius 3 is 2.79 bits per heavy atom. The molecular formula is C14H17FN2O2. The van der Waals surface area contributed by atoms with Gasteiger partial charge in [0, 0.05) is 23.6 Å². The van der Waals surface area contributed by atoms with E-state index in [-0.39, 0.29) is 12.0 Å². The van der Waals surface area contributed by atoms with Crippen LogP contribution >= 0.6 is 0 Å². The third-order valence-corrected chi connectivity index (χ3v) is 3.92. The summed E-state index contributed by atoms with van der Waals surface area (Å²) in [6.07, 6.45) is 4.70. The molecule has 1 unspecified atom stereocenters. The molecule has 0 spiro atoms. The number of carbonyl (C=O) groups excluding carboxylic acids is 1. The monoisotopic (exact) mass is 264 g/mol. The molecule has 1 aromatic rings. The van der Waals surface area contributed by atoms with Crippen LogP contribution < -0.4 is 15.8 Å². The topological polar surface area (TPSA) is 64.4 Å². The van der Waals surface area contributed by atoms with Gasteiger partial charge in [-0.1, -0.05) is 6.42 Å². The molecule has 4 nitrogen and oxygen atoms in total. The molecule has 1 heterocycles. The first-order chi connectivity index (χ1) is 9.15. The van der Waals surface area contributed by atoms with Gasteiger partial charge in [0.15, 0.2) is 17.8 Å².